The predicted octanol–water partition coefficient (Wildman–Crippen LogP) is 4.78. The predicted molar refractivity (Wildman–Crippen MR) is 116 cm³/mol. The first-order chi connectivity index (χ1) is 14.2. The Labute approximate surface area is 170 Å². The molecule has 0 amide bonds. The highest BCUT2D eigenvalue weighted by atomic mass is 15.1. The third kappa shape index (κ3) is 3.49. The number of benzene rings is 1. The van der Waals surface area contributed by atoms with Crippen molar-refractivity contribution in [1.29, 1.82) is 0 Å². The normalized spacial score (nSPS) is 16.2. The van der Waals surface area contributed by atoms with Crippen LogP contribution in [0.4, 0.5) is 0 Å². The molecule has 0 spiro atoms. The van der Waals surface area contributed by atoms with Gasteiger partial charge in [0.25, 0.3) is 0 Å². The maximum absolute atomic E-state index is 4.36. The minimum absolute atomic E-state index is 0.444. The third-order valence-corrected chi connectivity index (χ3v) is 6.21. The van der Waals surface area contributed by atoms with E-state index in [1.165, 1.54) is 40.6 Å². The summed E-state index contributed by atoms with van der Waals surface area (Å²) in [4.78, 5) is 13.7. The molecule has 0 atom stereocenters. The fraction of sp³-hybridized carbons (Fsp3) is 0.391. The van der Waals surface area contributed by atoms with E-state index in [4.69, 9.17) is 0 Å². The molecular formula is C23H28N6. The summed E-state index contributed by atoms with van der Waals surface area (Å²) in [6.07, 6.45) is 9.99. The van der Waals surface area contributed by atoms with Gasteiger partial charge in [0.05, 0.1) is 18.4 Å². The molecule has 3 N–H and O–H groups in total. The Hall–Kier alpha value is -2.86. The zero-order valence-electron chi connectivity index (χ0n) is 17.1. The van der Waals surface area contributed by atoms with Crippen LogP contribution in [0.25, 0.3) is 22.2 Å². The van der Waals surface area contributed by atoms with Crippen LogP contribution in [0.3, 0.4) is 0 Å². The van der Waals surface area contributed by atoms with Crippen molar-refractivity contribution in [2.45, 2.75) is 45.1 Å². The average molecular weight is 389 g/mol. The minimum Gasteiger partial charge on any atom is -0.354 e. The van der Waals surface area contributed by atoms with Crippen LogP contribution in [0.2, 0.25) is 0 Å². The number of likely N-dealkylation sites (tertiary alicyclic amines) is 1. The Balaban J connectivity index is 1.39. The summed E-state index contributed by atoms with van der Waals surface area (Å²) in [6, 6.07) is 7.00. The minimum atomic E-state index is 0.444. The zero-order chi connectivity index (χ0) is 19.8. The van der Waals surface area contributed by atoms with Crippen molar-refractivity contribution in [3.8, 4) is 11.3 Å². The lowest BCUT2D eigenvalue weighted by molar-refractivity contribution is 0.201. The summed E-state index contributed by atoms with van der Waals surface area (Å²) in [5.74, 6) is 2.13. The van der Waals surface area contributed by atoms with E-state index in [1.54, 1.807) is 0 Å². The number of hydrogen-bond acceptors (Lipinski definition) is 3. The van der Waals surface area contributed by atoms with Crippen molar-refractivity contribution < 1.29 is 0 Å². The van der Waals surface area contributed by atoms with E-state index in [9.17, 15) is 0 Å². The molecule has 1 aliphatic rings. The van der Waals surface area contributed by atoms with Gasteiger partial charge in [0, 0.05) is 35.1 Å². The molecule has 3 aromatic heterocycles. The van der Waals surface area contributed by atoms with Gasteiger partial charge in [0.2, 0.25) is 0 Å². The molecule has 0 unspecified atom stereocenters. The largest absolute Gasteiger partial charge is 0.354 e. The molecule has 4 aromatic rings. The van der Waals surface area contributed by atoms with Gasteiger partial charge >= 0.3 is 0 Å². The lowest BCUT2D eigenvalue weighted by Gasteiger charge is -2.31. The Kier molecular flexibility index (Phi) is 4.72. The monoisotopic (exact) mass is 388 g/mol. The highest BCUT2D eigenvalue weighted by Gasteiger charge is 2.23. The molecule has 0 bridgehead atoms. The second kappa shape index (κ2) is 7.52. The molecule has 6 nitrogen and oxygen atoms in total. The highest BCUT2D eigenvalue weighted by Crippen LogP contribution is 2.38. The van der Waals surface area contributed by atoms with E-state index >= 15 is 0 Å². The SMILES string of the molecule is CC(C)c1c(-c2cn[nH]c2)[nH]c2ccc(C3CCN(Cc4ncc[nH]4)CC3)cc12. The zero-order valence-corrected chi connectivity index (χ0v) is 17.1. The Bertz CT molecular complexity index is 1070. The number of fused-ring (bicyclic) bond motifs is 1. The van der Waals surface area contributed by atoms with Crippen molar-refractivity contribution in [2.24, 2.45) is 0 Å². The maximum Gasteiger partial charge on any atom is 0.120 e. The van der Waals surface area contributed by atoms with Crippen LogP contribution in [-0.2, 0) is 6.54 Å². The lowest BCUT2D eigenvalue weighted by Crippen LogP contribution is -2.32. The van der Waals surface area contributed by atoms with Gasteiger partial charge in [-0.25, -0.2) is 4.98 Å². The van der Waals surface area contributed by atoms with Gasteiger partial charge in [-0.05, 0) is 61.0 Å². The average Bonchev–Trinajstić information content (AvgIpc) is 3.48. The quantitative estimate of drug-likeness (QED) is 0.460. The van der Waals surface area contributed by atoms with Crippen LogP contribution in [-0.4, -0.2) is 43.1 Å². The molecule has 4 heterocycles. The van der Waals surface area contributed by atoms with Crippen LogP contribution < -0.4 is 0 Å². The number of imidazole rings is 1. The van der Waals surface area contributed by atoms with Crippen LogP contribution >= 0.6 is 0 Å². The number of rotatable bonds is 5. The van der Waals surface area contributed by atoms with Crippen LogP contribution in [0.1, 0.15) is 55.5 Å². The molecule has 1 fully saturated rings. The van der Waals surface area contributed by atoms with Gasteiger partial charge in [0.15, 0.2) is 0 Å². The van der Waals surface area contributed by atoms with Gasteiger partial charge in [-0.3, -0.25) is 10.00 Å². The fourth-order valence-corrected chi connectivity index (χ4v) is 4.72. The third-order valence-electron chi connectivity index (χ3n) is 6.21. The van der Waals surface area contributed by atoms with Crippen molar-refractivity contribution in [3.05, 3.63) is 59.9 Å². The molecule has 0 aliphatic carbocycles. The molecule has 1 aromatic carbocycles. The first-order valence-electron chi connectivity index (χ1n) is 10.5. The molecule has 150 valence electrons. The van der Waals surface area contributed by atoms with Crippen LogP contribution in [0.5, 0.6) is 0 Å². The Morgan fingerprint density at radius 3 is 2.76 bits per heavy atom. The lowest BCUT2D eigenvalue weighted by atomic mass is 9.87. The first kappa shape index (κ1) is 18.2. The summed E-state index contributed by atoms with van der Waals surface area (Å²) >= 11 is 0. The van der Waals surface area contributed by atoms with Crippen molar-refractivity contribution in [3.63, 3.8) is 0 Å². The molecule has 29 heavy (non-hydrogen) atoms. The number of piperidine rings is 1. The fourth-order valence-electron chi connectivity index (χ4n) is 4.72. The van der Waals surface area contributed by atoms with E-state index in [-0.39, 0.29) is 0 Å². The van der Waals surface area contributed by atoms with Crippen molar-refractivity contribution in [1.82, 2.24) is 30.0 Å². The Morgan fingerprint density at radius 1 is 1.21 bits per heavy atom. The second-order valence-corrected chi connectivity index (χ2v) is 8.45. The second-order valence-electron chi connectivity index (χ2n) is 8.45. The number of aromatic amines is 3. The molecule has 0 radical (unpaired) electrons. The van der Waals surface area contributed by atoms with Gasteiger partial charge < -0.3 is 9.97 Å². The highest BCUT2D eigenvalue weighted by molar-refractivity contribution is 5.91. The topological polar surface area (TPSA) is 76.4 Å². The number of nitrogens with one attached hydrogen (secondary N) is 3. The Morgan fingerprint density at radius 2 is 2.07 bits per heavy atom. The van der Waals surface area contributed by atoms with Crippen molar-refractivity contribution in [2.75, 3.05) is 13.1 Å². The summed E-state index contributed by atoms with van der Waals surface area (Å²) in [5, 5.41) is 8.43. The van der Waals surface area contributed by atoms with Crippen LogP contribution in [0.15, 0.2) is 43.0 Å². The molecule has 5 rings (SSSR count). The molecule has 1 aliphatic heterocycles. The summed E-state index contributed by atoms with van der Waals surface area (Å²) in [6.45, 7) is 7.70. The molecule has 0 saturated carbocycles. The van der Waals surface area contributed by atoms with E-state index in [0.29, 0.717) is 11.8 Å². The van der Waals surface area contributed by atoms with Gasteiger partial charge in [-0.2, -0.15) is 5.10 Å². The van der Waals surface area contributed by atoms with Gasteiger partial charge in [-0.1, -0.05) is 19.9 Å². The summed E-state index contributed by atoms with van der Waals surface area (Å²) < 4.78 is 0. The van der Waals surface area contributed by atoms with Gasteiger partial charge in [0.1, 0.15) is 5.82 Å². The summed E-state index contributed by atoms with van der Waals surface area (Å²) in [7, 11) is 0. The summed E-state index contributed by atoms with van der Waals surface area (Å²) in [5.41, 5.74) is 6.38. The maximum atomic E-state index is 4.36. The smallest absolute Gasteiger partial charge is 0.120 e. The van der Waals surface area contributed by atoms with E-state index < -0.39 is 0 Å². The molecular weight excluding hydrogens is 360 g/mol. The number of aromatic nitrogens is 5. The number of nitrogens with zero attached hydrogens (tertiary/aromatic N) is 3. The first-order valence-corrected chi connectivity index (χ1v) is 10.5. The van der Waals surface area contributed by atoms with Crippen molar-refractivity contribution >= 4 is 10.9 Å². The van der Waals surface area contributed by atoms with E-state index in [0.717, 1.165) is 31.0 Å². The van der Waals surface area contributed by atoms with Gasteiger partial charge in [-0.15, -0.1) is 0 Å². The molecule has 6 heteroatoms. The van der Waals surface area contributed by atoms with E-state index in [1.807, 2.05) is 24.8 Å². The van der Waals surface area contributed by atoms with E-state index in [2.05, 4.69) is 62.1 Å². The standard InChI is InChI=1S/C23H28N6/c1-15(2)22-19-11-17(3-4-20(19)28-23(22)18-12-26-27-13-18)16-5-9-29(10-6-16)14-21-24-7-8-25-21/h3-4,7-8,11-13,15-16,28H,5-6,9-10,14H2,1-2H3,(H,24,25)(H,26,27). The molecule has 1 saturated heterocycles. The number of H-pyrrole nitrogens is 3. The number of hydrogen-bond donors (Lipinski definition) is 3. The van der Waals surface area contributed by atoms with Crippen LogP contribution in [0, 0.1) is 0 Å².